The van der Waals surface area contributed by atoms with Crippen molar-refractivity contribution < 1.29 is 13.6 Å². The second-order valence-corrected chi connectivity index (χ2v) is 6.68. The lowest BCUT2D eigenvalue weighted by Gasteiger charge is -2.36. The van der Waals surface area contributed by atoms with Crippen LogP contribution < -0.4 is 15.1 Å². The molecule has 29 heavy (non-hydrogen) atoms. The first-order valence-corrected chi connectivity index (χ1v) is 9.23. The van der Waals surface area contributed by atoms with Crippen LogP contribution in [0.15, 0.2) is 60.9 Å². The highest BCUT2D eigenvalue weighted by molar-refractivity contribution is 6.03. The first-order valence-electron chi connectivity index (χ1n) is 9.23. The minimum atomic E-state index is -0.366. The Labute approximate surface area is 166 Å². The van der Waals surface area contributed by atoms with Crippen molar-refractivity contribution >= 4 is 23.2 Å². The fraction of sp³-hybridized carbons (Fsp3) is 0.190. The van der Waals surface area contributed by atoms with Gasteiger partial charge in [0.25, 0.3) is 5.91 Å². The second kappa shape index (κ2) is 8.22. The molecule has 4 rings (SSSR count). The lowest BCUT2D eigenvalue weighted by atomic mass is 10.2. The number of anilines is 3. The van der Waals surface area contributed by atoms with Crippen LogP contribution in [0.2, 0.25) is 0 Å². The largest absolute Gasteiger partial charge is 0.368 e. The van der Waals surface area contributed by atoms with E-state index in [1.54, 1.807) is 12.1 Å². The molecule has 0 unspecified atom stereocenters. The van der Waals surface area contributed by atoms with Crippen LogP contribution in [0.4, 0.5) is 26.1 Å². The Morgan fingerprint density at radius 3 is 1.90 bits per heavy atom. The van der Waals surface area contributed by atoms with E-state index >= 15 is 0 Å². The molecule has 0 bridgehead atoms. The van der Waals surface area contributed by atoms with E-state index in [0.717, 1.165) is 31.9 Å². The average Bonchev–Trinajstić information content (AvgIpc) is 2.76. The van der Waals surface area contributed by atoms with Crippen LogP contribution in [-0.2, 0) is 0 Å². The molecule has 1 aliphatic heterocycles. The van der Waals surface area contributed by atoms with Crippen molar-refractivity contribution in [2.45, 2.75) is 0 Å². The fourth-order valence-electron chi connectivity index (χ4n) is 3.15. The molecular weight excluding hydrogens is 376 g/mol. The van der Waals surface area contributed by atoms with Gasteiger partial charge in [0.15, 0.2) is 0 Å². The number of carbonyl (C=O) groups excluding carboxylic acids is 1. The lowest BCUT2D eigenvalue weighted by molar-refractivity contribution is 0.102. The maximum absolute atomic E-state index is 13.1. The number of halogens is 2. The molecule has 6 nitrogen and oxygen atoms in total. The van der Waals surface area contributed by atoms with Gasteiger partial charge in [0.05, 0.1) is 5.56 Å². The molecule has 1 saturated heterocycles. The number of hydrogen-bond acceptors (Lipinski definition) is 5. The van der Waals surface area contributed by atoms with Crippen LogP contribution in [0, 0.1) is 11.6 Å². The summed E-state index contributed by atoms with van der Waals surface area (Å²) in [5.74, 6) is -0.411. The van der Waals surface area contributed by atoms with Crippen molar-refractivity contribution in [1.29, 1.82) is 0 Å². The molecule has 1 aromatic heterocycles. The standard InChI is InChI=1S/C21H19F2N5O/c22-16-1-5-18(6-2-16)26-20(29)15-13-24-21(25-14-15)28-11-9-27(10-12-28)19-7-3-17(23)4-8-19/h1-8,13-14H,9-12H2,(H,26,29). The molecule has 0 radical (unpaired) electrons. The van der Waals surface area contributed by atoms with E-state index in [1.165, 1.54) is 48.8 Å². The Morgan fingerprint density at radius 2 is 1.31 bits per heavy atom. The summed E-state index contributed by atoms with van der Waals surface area (Å²) in [4.78, 5) is 25.1. The number of nitrogens with zero attached hydrogens (tertiary/aromatic N) is 4. The third-order valence-corrected chi connectivity index (χ3v) is 4.76. The average molecular weight is 395 g/mol. The smallest absolute Gasteiger partial charge is 0.258 e. The fourth-order valence-corrected chi connectivity index (χ4v) is 3.15. The van der Waals surface area contributed by atoms with Crippen molar-refractivity contribution in [3.8, 4) is 0 Å². The molecule has 3 aromatic rings. The van der Waals surface area contributed by atoms with E-state index in [4.69, 9.17) is 0 Å². The number of piperazine rings is 1. The van der Waals surface area contributed by atoms with Gasteiger partial charge in [-0.25, -0.2) is 18.7 Å². The van der Waals surface area contributed by atoms with Gasteiger partial charge in [0.1, 0.15) is 11.6 Å². The highest BCUT2D eigenvalue weighted by atomic mass is 19.1. The lowest BCUT2D eigenvalue weighted by Crippen LogP contribution is -2.47. The quantitative estimate of drug-likeness (QED) is 0.734. The Kier molecular flexibility index (Phi) is 5.33. The SMILES string of the molecule is O=C(Nc1ccc(F)cc1)c1cnc(N2CCN(c3ccc(F)cc3)CC2)nc1. The van der Waals surface area contributed by atoms with E-state index in [-0.39, 0.29) is 17.5 Å². The summed E-state index contributed by atoms with van der Waals surface area (Å²) in [6, 6.07) is 12.0. The summed E-state index contributed by atoms with van der Waals surface area (Å²) in [7, 11) is 0. The molecule has 1 aliphatic rings. The molecule has 2 aromatic carbocycles. The third-order valence-electron chi connectivity index (χ3n) is 4.76. The maximum atomic E-state index is 13.1. The number of hydrogen-bond donors (Lipinski definition) is 1. The zero-order valence-corrected chi connectivity index (χ0v) is 15.6. The maximum Gasteiger partial charge on any atom is 0.258 e. The second-order valence-electron chi connectivity index (χ2n) is 6.68. The van der Waals surface area contributed by atoms with Gasteiger partial charge in [-0.2, -0.15) is 0 Å². The molecule has 1 amide bonds. The summed E-state index contributed by atoms with van der Waals surface area (Å²) in [5, 5.41) is 2.68. The van der Waals surface area contributed by atoms with E-state index < -0.39 is 0 Å². The topological polar surface area (TPSA) is 61.4 Å². The zero-order valence-electron chi connectivity index (χ0n) is 15.6. The van der Waals surface area contributed by atoms with Crippen molar-refractivity contribution in [3.05, 3.63) is 78.1 Å². The monoisotopic (exact) mass is 395 g/mol. The van der Waals surface area contributed by atoms with Crippen molar-refractivity contribution in [1.82, 2.24) is 9.97 Å². The van der Waals surface area contributed by atoms with Gasteiger partial charge in [-0.15, -0.1) is 0 Å². The summed E-state index contributed by atoms with van der Waals surface area (Å²) in [6.07, 6.45) is 2.96. The Bertz CT molecular complexity index is 969. The Balaban J connectivity index is 1.35. The summed E-state index contributed by atoms with van der Waals surface area (Å²) in [6.45, 7) is 2.97. The van der Waals surface area contributed by atoms with E-state index in [9.17, 15) is 13.6 Å². The summed E-state index contributed by atoms with van der Waals surface area (Å²) >= 11 is 0. The third kappa shape index (κ3) is 4.48. The van der Waals surface area contributed by atoms with Gasteiger partial charge in [-0.05, 0) is 48.5 Å². The highest BCUT2D eigenvalue weighted by Crippen LogP contribution is 2.19. The zero-order chi connectivity index (χ0) is 20.2. The number of benzene rings is 2. The first-order chi connectivity index (χ1) is 14.1. The molecule has 2 heterocycles. The molecule has 0 saturated carbocycles. The van der Waals surface area contributed by atoms with E-state index in [1.807, 2.05) is 4.90 Å². The van der Waals surface area contributed by atoms with Gasteiger partial charge in [0, 0.05) is 49.9 Å². The number of carbonyl (C=O) groups is 1. The van der Waals surface area contributed by atoms with Crippen LogP contribution in [0.25, 0.3) is 0 Å². The molecule has 8 heteroatoms. The molecule has 148 valence electrons. The van der Waals surface area contributed by atoms with Crippen LogP contribution in [0.1, 0.15) is 10.4 Å². The number of amides is 1. The van der Waals surface area contributed by atoms with Crippen LogP contribution in [0.5, 0.6) is 0 Å². The normalized spacial score (nSPS) is 14.0. The number of aromatic nitrogens is 2. The van der Waals surface area contributed by atoms with Crippen LogP contribution >= 0.6 is 0 Å². The van der Waals surface area contributed by atoms with E-state index in [0.29, 0.717) is 17.2 Å². The van der Waals surface area contributed by atoms with Crippen LogP contribution in [-0.4, -0.2) is 42.1 Å². The van der Waals surface area contributed by atoms with Gasteiger partial charge in [0.2, 0.25) is 5.95 Å². The van der Waals surface area contributed by atoms with Gasteiger partial charge < -0.3 is 15.1 Å². The molecule has 0 atom stereocenters. The van der Waals surface area contributed by atoms with Crippen molar-refractivity contribution in [2.75, 3.05) is 41.3 Å². The minimum absolute atomic E-state index is 0.246. The van der Waals surface area contributed by atoms with Crippen molar-refractivity contribution in [3.63, 3.8) is 0 Å². The predicted octanol–water partition coefficient (Wildman–Crippen LogP) is 3.33. The molecule has 1 fully saturated rings. The van der Waals surface area contributed by atoms with Crippen LogP contribution in [0.3, 0.4) is 0 Å². The highest BCUT2D eigenvalue weighted by Gasteiger charge is 2.19. The van der Waals surface area contributed by atoms with Gasteiger partial charge in [-0.3, -0.25) is 4.79 Å². The van der Waals surface area contributed by atoms with E-state index in [2.05, 4.69) is 20.2 Å². The Hall–Kier alpha value is -3.55. The molecular formula is C21H19F2N5O. The summed E-state index contributed by atoms with van der Waals surface area (Å²) in [5.41, 5.74) is 1.81. The van der Waals surface area contributed by atoms with Gasteiger partial charge in [-0.1, -0.05) is 0 Å². The summed E-state index contributed by atoms with van der Waals surface area (Å²) < 4.78 is 26.0. The Morgan fingerprint density at radius 1 is 0.793 bits per heavy atom. The van der Waals surface area contributed by atoms with Gasteiger partial charge >= 0.3 is 0 Å². The minimum Gasteiger partial charge on any atom is -0.368 e. The number of rotatable bonds is 4. The van der Waals surface area contributed by atoms with Crippen molar-refractivity contribution in [2.24, 2.45) is 0 Å². The molecule has 1 N–H and O–H groups in total. The molecule has 0 spiro atoms. The first kappa shape index (κ1) is 18.8. The molecule has 0 aliphatic carbocycles. The number of nitrogens with one attached hydrogen (secondary N) is 1. The predicted molar refractivity (Wildman–Crippen MR) is 107 cm³/mol.